The summed E-state index contributed by atoms with van der Waals surface area (Å²) in [5, 5.41) is 0.609. The quantitative estimate of drug-likeness (QED) is 0.465. The molecule has 200 valence electrons. The number of rotatable bonds is 4. The SMILES string of the molecule is CC(=O)N1CCN(C(=O)O[C@H]2CN3C(=O)N(c4cc(Cl)cc(Cl)c4)C(=O)[C@]3(Cc3ccc(Br)cc3)C2)CC1. The molecule has 3 fully saturated rings. The highest BCUT2D eigenvalue weighted by Gasteiger charge is 2.63. The number of imide groups is 1. The number of carbonyl (C=O) groups is 4. The van der Waals surface area contributed by atoms with Crippen molar-refractivity contribution >= 4 is 68.8 Å². The lowest BCUT2D eigenvalue weighted by Crippen LogP contribution is -2.51. The number of piperazine rings is 1. The molecular weight excluding hydrogens is 599 g/mol. The summed E-state index contributed by atoms with van der Waals surface area (Å²) in [6.45, 7) is 3.16. The maximum atomic E-state index is 14.0. The number of fused-ring (bicyclic) bond motifs is 1. The van der Waals surface area contributed by atoms with Crippen LogP contribution in [0.3, 0.4) is 0 Å². The van der Waals surface area contributed by atoms with Crippen molar-refractivity contribution in [3.05, 3.63) is 62.5 Å². The molecule has 3 aliphatic rings. The summed E-state index contributed by atoms with van der Waals surface area (Å²) in [4.78, 5) is 58.0. The largest absolute Gasteiger partial charge is 0.444 e. The van der Waals surface area contributed by atoms with Gasteiger partial charge < -0.3 is 19.4 Å². The molecule has 2 aromatic carbocycles. The van der Waals surface area contributed by atoms with E-state index in [1.54, 1.807) is 9.80 Å². The van der Waals surface area contributed by atoms with Gasteiger partial charge in [-0.05, 0) is 35.9 Å². The number of urea groups is 1. The second-order valence-electron chi connectivity index (χ2n) is 9.70. The van der Waals surface area contributed by atoms with Crippen LogP contribution in [0.1, 0.15) is 18.9 Å². The van der Waals surface area contributed by atoms with Gasteiger partial charge in [-0.1, -0.05) is 51.3 Å². The number of nitrogens with zero attached hydrogens (tertiary/aromatic N) is 4. The number of halogens is 3. The molecule has 38 heavy (non-hydrogen) atoms. The molecule has 5 rings (SSSR count). The maximum absolute atomic E-state index is 14.0. The summed E-state index contributed by atoms with van der Waals surface area (Å²) in [7, 11) is 0. The molecule has 0 N–H and O–H groups in total. The fourth-order valence-corrected chi connectivity index (χ4v) is 6.17. The monoisotopic (exact) mass is 622 g/mol. The van der Waals surface area contributed by atoms with Crippen LogP contribution in [0.2, 0.25) is 10.0 Å². The Kier molecular flexibility index (Phi) is 7.32. The zero-order valence-corrected chi connectivity index (χ0v) is 23.6. The second kappa shape index (κ2) is 10.4. The fraction of sp³-hybridized carbons (Fsp3) is 0.385. The maximum Gasteiger partial charge on any atom is 0.410 e. The molecule has 3 saturated heterocycles. The third kappa shape index (κ3) is 4.97. The van der Waals surface area contributed by atoms with Gasteiger partial charge in [-0.2, -0.15) is 0 Å². The van der Waals surface area contributed by atoms with E-state index < -0.39 is 29.7 Å². The van der Waals surface area contributed by atoms with E-state index in [9.17, 15) is 19.2 Å². The van der Waals surface area contributed by atoms with Crippen LogP contribution in [-0.2, 0) is 20.7 Å². The van der Waals surface area contributed by atoms with Gasteiger partial charge in [0.25, 0.3) is 5.91 Å². The zero-order chi connectivity index (χ0) is 27.2. The van der Waals surface area contributed by atoms with Crippen LogP contribution < -0.4 is 4.90 Å². The Labute approximate surface area is 238 Å². The summed E-state index contributed by atoms with van der Waals surface area (Å²) < 4.78 is 6.70. The lowest BCUT2D eigenvalue weighted by molar-refractivity contribution is -0.130. The van der Waals surface area contributed by atoms with Crippen molar-refractivity contribution in [2.75, 3.05) is 37.6 Å². The minimum atomic E-state index is -1.24. The minimum absolute atomic E-state index is 0.0353. The van der Waals surface area contributed by atoms with Gasteiger partial charge in [0.2, 0.25) is 5.91 Å². The number of amides is 5. The molecule has 0 aromatic heterocycles. The molecule has 0 saturated carbocycles. The van der Waals surface area contributed by atoms with Crippen molar-refractivity contribution in [1.82, 2.24) is 14.7 Å². The van der Waals surface area contributed by atoms with Crippen LogP contribution >= 0.6 is 39.1 Å². The van der Waals surface area contributed by atoms with Crippen LogP contribution in [0.4, 0.5) is 15.3 Å². The van der Waals surface area contributed by atoms with Gasteiger partial charge in [0.05, 0.1) is 12.2 Å². The topological polar surface area (TPSA) is 90.5 Å². The van der Waals surface area contributed by atoms with Crippen molar-refractivity contribution in [2.45, 2.75) is 31.4 Å². The van der Waals surface area contributed by atoms with Gasteiger partial charge in [0.1, 0.15) is 11.6 Å². The molecule has 12 heteroatoms. The minimum Gasteiger partial charge on any atom is -0.444 e. The van der Waals surface area contributed by atoms with E-state index >= 15 is 0 Å². The Morgan fingerprint density at radius 1 is 1.00 bits per heavy atom. The predicted molar refractivity (Wildman–Crippen MR) is 145 cm³/mol. The summed E-state index contributed by atoms with van der Waals surface area (Å²) in [5.41, 5.74) is -0.0885. The van der Waals surface area contributed by atoms with E-state index in [0.717, 1.165) is 14.9 Å². The summed E-state index contributed by atoms with van der Waals surface area (Å²) in [6, 6.07) is 11.6. The van der Waals surface area contributed by atoms with Crippen LogP contribution in [-0.4, -0.2) is 83.0 Å². The molecule has 0 radical (unpaired) electrons. The highest BCUT2D eigenvalue weighted by atomic mass is 79.9. The number of hydrogen-bond acceptors (Lipinski definition) is 5. The molecule has 0 spiro atoms. The Bertz CT molecular complexity index is 1280. The van der Waals surface area contributed by atoms with Crippen LogP contribution in [0.15, 0.2) is 46.9 Å². The summed E-state index contributed by atoms with van der Waals surface area (Å²) in [6.07, 6.45) is -0.781. The van der Waals surface area contributed by atoms with Gasteiger partial charge in [-0.25, -0.2) is 14.5 Å². The molecule has 3 aliphatic heterocycles. The zero-order valence-electron chi connectivity index (χ0n) is 20.5. The van der Waals surface area contributed by atoms with E-state index in [1.165, 1.54) is 30.0 Å². The molecule has 0 bridgehead atoms. The van der Waals surface area contributed by atoms with Gasteiger partial charge in [-0.15, -0.1) is 0 Å². The molecule has 2 atom stereocenters. The van der Waals surface area contributed by atoms with Crippen molar-refractivity contribution < 1.29 is 23.9 Å². The Morgan fingerprint density at radius 2 is 1.61 bits per heavy atom. The molecule has 0 unspecified atom stereocenters. The first-order chi connectivity index (χ1) is 18.1. The average Bonchev–Trinajstić information content (AvgIpc) is 3.31. The van der Waals surface area contributed by atoms with E-state index in [0.29, 0.717) is 41.9 Å². The second-order valence-corrected chi connectivity index (χ2v) is 11.5. The molecular formula is C26H25BrCl2N4O5. The third-order valence-electron chi connectivity index (χ3n) is 7.26. The third-order valence-corrected chi connectivity index (χ3v) is 8.22. The van der Waals surface area contributed by atoms with Crippen molar-refractivity contribution in [3.8, 4) is 0 Å². The number of ether oxygens (including phenoxy) is 1. The van der Waals surface area contributed by atoms with E-state index in [1.807, 2.05) is 24.3 Å². The van der Waals surface area contributed by atoms with Gasteiger partial charge in [0, 0.05) is 60.5 Å². The predicted octanol–water partition coefficient (Wildman–Crippen LogP) is 4.58. The Balaban J connectivity index is 1.39. The van der Waals surface area contributed by atoms with Crippen LogP contribution in [0, 0.1) is 0 Å². The number of hydrogen-bond donors (Lipinski definition) is 0. The molecule has 0 aliphatic carbocycles. The van der Waals surface area contributed by atoms with Crippen LogP contribution in [0.5, 0.6) is 0 Å². The molecule has 3 heterocycles. The summed E-state index contributed by atoms with van der Waals surface area (Å²) in [5.74, 6) is -0.454. The molecule has 5 amide bonds. The Morgan fingerprint density at radius 3 is 2.21 bits per heavy atom. The molecule has 9 nitrogen and oxygen atoms in total. The van der Waals surface area contributed by atoms with Crippen molar-refractivity contribution in [3.63, 3.8) is 0 Å². The lowest BCUT2D eigenvalue weighted by Gasteiger charge is -2.34. The Hall–Kier alpha value is -2.82. The fourth-order valence-electron chi connectivity index (χ4n) is 5.39. The van der Waals surface area contributed by atoms with Gasteiger partial charge >= 0.3 is 12.1 Å². The van der Waals surface area contributed by atoms with Crippen LogP contribution in [0.25, 0.3) is 0 Å². The van der Waals surface area contributed by atoms with E-state index in [-0.39, 0.29) is 25.3 Å². The summed E-state index contributed by atoms with van der Waals surface area (Å²) >= 11 is 15.8. The standard InChI is InChI=1S/C26H25BrCl2N4O5/c1-16(34)30-6-8-31(9-7-30)25(37)38-22-14-26(13-17-2-4-18(27)5-3-17)23(35)33(24(36)32(26)15-22)21-11-19(28)10-20(29)12-21/h2-5,10-12,22H,6-9,13-15H2,1H3/t22-,26+/m1/s1. The lowest BCUT2D eigenvalue weighted by atomic mass is 9.87. The van der Waals surface area contributed by atoms with E-state index in [2.05, 4.69) is 15.9 Å². The van der Waals surface area contributed by atoms with Gasteiger partial charge in [0.15, 0.2) is 0 Å². The van der Waals surface area contributed by atoms with Crippen molar-refractivity contribution in [1.29, 1.82) is 0 Å². The first kappa shape index (κ1) is 26.8. The number of carbonyl (C=O) groups excluding carboxylic acids is 4. The highest BCUT2D eigenvalue weighted by molar-refractivity contribution is 9.10. The number of benzene rings is 2. The first-order valence-corrected chi connectivity index (χ1v) is 13.7. The normalized spacial score (nSPS) is 23.2. The highest BCUT2D eigenvalue weighted by Crippen LogP contribution is 2.44. The smallest absolute Gasteiger partial charge is 0.410 e. The van der Waals surface area contributed by atoms with Gasteiger partial charge in [-0.3, -0.25) is 9.59 Å². The first-order valence-electron chi connectivity index (χ1n) is 12.2. The van der Waals surface area contributed by atoms with Crippen molar-refractivity contribution in [2.24, 2.45) is 0 Å². The average molecular weight is 624 g/mol. The number of anilines is 1. The molecule has 2 aromatic rings. The van der Waals surface area contributed by atoms with E-state index in [4.69, 9.17) is 27.9 Å².